The number of nitrogens with one attached hydrogen (secondary N) is 1. The van der Waals surface area contributed by atoms with Crippen molar-refractivity contribution in [1.82, 2.24) is 5.32 Å². The molecule has 27 heavy (non-hydrogen) atoms. The highest BCUT2D eigenvalue weighted by Gasteiger charge is 2.17. The van der Waals surface area contributed by atoms with Crippen LogP contribution >= 0.6 is 0 Å². The van der Waals surface area contributed by atoms with Crippen LogP contribution in [-0.4, -0.2) is 27.6 Å². The zero-order chi connectivity index (χ0) is 20.2. The Labute approximate surface area is 162 Å². The number of anilines is 1. The van der Waals surface area contributed by atoms with Gasteiger partial charge in [0.2, 0.25) is 10.0 Å². The van der Waals surface area contributed by atoms with E-state index in [0.29, 0.717) is 17.8 Å². The van der Waals surface area contributed by atoms with Gasteiger partial charge in [0.25, 0.3) is 5.91 Å². The fourth-order valence-electron chi connectivity index (χ4n) is 2.95. The zero-order valence-corrected chi connectivity index (χ0v) is 17.5. The fraction of sp³-hybridized carbons (Fsp3) is 0.381. The third-order valence-corrected chi connectivity index (χ3v) is 6.00. The van der Waals surface area contributed by atoms with Crippen LogP contribution in [0.4, 0.5) is 5.69 Å². The molecule has 0 atom stereocenters. The van der Waals surface area contributed by atoms with Crippen LogP contribution in [0.1, 0.15) is 46.5 Å². The predicted molar refractivity (Wildman–Crippen MR) is 111 cm³/mol. The van der Waals surface area contributed by atoms with Gasteiger partial charge in [-0.1, -0.05) is 38.1 Å². The second-order valence-electron chi connectivity index (χ2n) is 6.72. The molecule has 0 heterocycles. The molecule has 146 valence electrons. The summed E-state index contributed by atoms with van der Waals surface area (Å²) in [6.07, 6.45) is 3.00. The van der Waals surface area contributed by atoms with Gasteiger partial charge < -0.3 is 5.32 Å². The lowest BCUT2D eigenvalue weighted by molar-refractivity contribution is 0.0951. The third-order valence-electron chi connectivity index (χ3n) is 4.81. The Morgan fingerprint density at radius 3 is 2.33 bits per heavy atom. The number of hydrogen-bond donors (Lipinski definition) is 1. The summed E-state index contributed by atoms with van der Waals surface area (Å²) < 4.78 is 24.9. The quantitative estimate of drug-likeness (QED) is 0.790. The van der Waals surface area contributed by atoms with E-state index in [4.69, 9.17) is 0 Å². The van der Waals surface area contributed by atoms with E-state index in [1.54, 1.807) is 18.2 Å². The van der Waals surface area contributed by atoms with Crippen LogP contribution in [-0.2, 0) is 29.4 Å². The molecule has 2 aromatic carbocycles. The van der Waals surface area contributed by atoms with E-state index in [1.807, 2.05) is 6.92 Å². The number of nitrogens with zero attached hydrogens (tertiary/aromatic N) is 1. The Bertz CT molecular complexity index is 936. The van der Waals surface area contributed by atoms with Crippen LogP contribution in [0.2, 0.25) is 0 Å². The molecule has 1 amide bonds. The van der Waals surface area contributed by atoms with Crippen molar-refractivity contribution >= 4 is 21.6 Å². The topological polar surface area (TPSA) is 66.5 Å². The van der Waals surface area contributed by atoms with Gasteiger partial charge in [0.1, 0.15) is 0 Å². The van der Waals surface area contributed by atoms with Crippen LogP contribution in [0, 0.1) is 6.92 Å². The molecular formula is C21H28N2O3S. The molecule has 2 rings (SSSR count). The van der Waals surface area contributed by atoms with Gasteiger partial charge in [-0.05, 0) is 54.2 Å². The van der Waals surface area contributed by atoms with Crippen molar-refractivity contribution in [3.8, 4) is 0 Å². The van der Waals surface area contributed by atoms with Gasteiger partial charge >= 0.3 is 0 Å². The van der Waals surface area contributed by atoms with Crippen molar-refractivity contribution in [3.63, 3.8) is 0 Å². The average molecular weight is 389 g/mol. The van der Waals surface area contributed by atoms with Crippen LogP contribution in [0.15, 0.2) is 36.4 Å². The molecule has 0 aliphatic heterocycles. The summed E-state index contributed by atoms with van der Waals surface area (Å²) >= 11 is 0. The zero-order valence-electron chi connectivity index (χ0n) is 16.7. The summed E-state index contributed by atoms with van der Waals surface area (Å²) in [6.45, 7) is 6.47. The Hall–Kier alpha value is -2.34. The fourth-order valence-corrected chi connectivity index (χ4v) is 3.51. The van der Waals surface area contributed by atoms with Crippen LogP contribution in [0.3, 0.4) is 0 Å². The average Bonchev–Trinajstić information content (AvgIpc) is 2.64. The molecule has 5 nitrogen and oxygen atoms in total. The lowest BCUT2D eigenvalue weighted by atomic mass is 10.0. The first-order valence-electron chi connectivity index (χ1n) is 9.10. The van der Waals surface area contributed by atoms with Crippen LogP contribution < -0.4 is 9.62 Å². The molecule has 0 saturated carbocycles. The van der Waals surface area contributed by atoms with Crippen LogP contribution in [0.5, 0.6) is 0 Å². The van der Waals surface area contributed by atoms with Crippen molar-refractivity contribution in [2.75, 3.05) is 17.6 Å². The Morgan fingerprint density at radius 1 is 1.04 bits per heavy atom. The molecule has 0 aliphatic rings. The monoisotopic (exact) mass is 388 g/mol. The van der Waals surface area contributed by atoms with Crippen molar-refractivity contribution < 1.29 is 13.2 Å². The number of hydrogen-bond acceptors (Lipinski definition) is 3. The Kier molecular flexibility index (Phi) is 6.65. The minimum Gasteiger partial charge on any atom is -0.348 e. The minimum atomic E-state index is -3.39. The van der Waals surface area contributed by atoms with Gasteiger partial charge in [-0.25, -0.2) is 8.42 Å². The highest BCUT2D eigenvalue weighted by molar-refractivity contribution is 7.92. The lowest BCUT2D eigenvalue weighted by Gasteiger charge is -2.20. The SMILES string of the molecule is CCc1ccc(CC)c(CNC(=O)c2ccc(C)c(N(C)S(C)(=O)=O)c2)c1. The Morgan fingerprint density at radius 2 is 1.74 bits per heavy atom. The number of benzene rings is 2. The summed E-state index contributed by atoms with van der Waals surface area (Å²) in [5, 5.41) is 2.96. The van der Waals surface area contributed by atoms with Crippen molar-refractivity contribution in [1.29, 1.82) is 0 Å². The number of carbonyl (C=O) groups excluding carboxylic acids is 1. The van der Waals surface area contributed by atoms with Crippen molar-refractivity contribution in [2.24, 2.45) is 0 Å². The van der Waals surface area contributed by atoms with Gasteiger partial charge in [0, 0.05) is 19.2 Å². The largest absolute Gasteiger partial charge is 0.348 e. The van der Waals surface area contributed by atoms with E-state index in [1.165, 1.54) is 22.5 Å². The number of sulfonamides is 1. The molecule has 0 radical (unpaired) electrons. The van der Waals surface area contributed by atoms with Gasteiger partial charge in [0.05, 0.1) is 11.9 Å². The minimum absolute atomic E-state index is 0.220. The summed E-state index contributed by atoms with van der Waals surface area (Å²) in [7, 11) is -1.90. The molecule has 0 aromatic heterocycles. The number of carbonyl (C=O) groups is 1. The maximum Gasteiger partial charge on any atom is 0.251 e. The van der Waals surface area contributed by atoms with E-state index in [-0.39, 0.29) is 5.91 Å². The van der Waals surface area contributed by atoms with E-state index in [2.05, 4.69) is 37.4 Å². The summed E-state index contributed by atoms with van der Waals surface area (Å²) in [4.78, 5) is 12.6. The molecule has 2 aromatic rings. The lowest BCUT2D eigenvalue weighted by Crippen LogP contribution is -2.27. The normalized spacial score (nSPS) is 11.3. The first kappa shape index (κ1) is 21.0. The standard InChI is InChI=1S/C21H28N2O3S/c1-6-16-9-11-17(7-2)19(12-16)14-22-21(24)18-10-8-15(3)20(13-18)23(4)27(5,25)26/h8-13H,6-7,14H2,1-5H3,(H,22,24). The summed E-state index contributed by atoms with van der Waals surface area (Å²) in [5.74, 6) is -0.220. The van der Waals surface area contributed by atoms with E-state index >= 15 is 0 Å². The number of amides is 1. The first-order valence-corrected chi connectivity index (χ1v) is 11.0. The van der Waals surface area contributed by atoms with Gasteiger partial charge in [-0.15, -0.1) is 0 Å². The van der Waals surface area contributed by atoms with E-state index in [0.717, 1.165) is 30.2 Å². The molecule has 0 aliphatic carbocycles. The molecule has 0 bridgehead atoms. The maximum absolute atomic E-state index is 12.6. The molecule has 0 spiro atoms. The molecule has 0 saturated heterocycles. The number of rotatable bonds is 7. The predicted octanol–water partition coefficient (Wildman–Crippen LogP) is 3.45. The number of aryl methyl sites for hydroxylation is 3. The first-order chi connectivity index (χ1) is 12.7. The van der Waals surface area contributed by atoms with Gasteiger partial charge in [-0.3, -0.25) is 9.10 Å². The molecular weight excluding hydrogens is 360 g/mol. The molecule has 1 N–H and O–H groups in total. The molecule has 0 fully saturated rings. The second kappa shape index (κ2) is 8.57. The smallest absolute Gasteiger partial charge is 0.251 e. The summed E-state index contributed by atoms with van der Waals surface area (Å²) in [6, 6.07) is 11.5. The summed E-state index contributed by atoms with van der Waals surface area (Å²) in [5.41, 5.74) is 5.31. The molecule has 0 unspecified atom stereocenters. The Balaban J connectivity index is 2.22. The van der Waals surface area contributed by atoms with E-state index in [9.17, 15) is 13.2 Å². The highest BCUT2D eigenvalue weighted by atomic mass is 32.2. The second-order valence-corrected chi connectivity index (χ2v) is 8.74. The van der Waals surface area contributed by atoms with Crippen molar-refractivity contribution in [2.45, 2.75) is 40.2 Å². The maximum atomic E-state index is 12.6. The molecule has 6 heteroatoms. The van der Waals surface area contributed by atoms with Crippen LogP contribution in [0.25, 0.3) is 0 Å². The highest BCUT2D eigenvalue weighted by Crippen LogP contribution is 2.23. The van der Waals surface area contributed by atoms with Gasteiger partial charge in [-0.2, -0.15) is 0 Å². The van der Waals surface area contributed by atoms with Crippen molar-refractivity contribution in [3.05, 3.63) is 64.2 Å². The third kappa shape index (κ3) is 5.10. The van der Waals surface area contributed by atoms with E-state index < -0.39 is 10.0 Å². The van der Waals surface area contributed by atoms with Gasteiger partial charge in [0.15, 0.2) is 0 Å².